The van der Waals surface area contributed by atoms with Gasteiger partial charge in [0.25, 0.3) is 5.91 Å². The highest BCUT2D eigenvalue weighted by molar-refractivity contribution is 6.33. The third-order valence-corrected chi connectivity index (χ3v) is 7.65. The van der Waals surface area contributed by atoms with Crippen molar-refractivity contribution in [3.8, 4) is 0 Å². The topological polar surface area (TPSA) is 55.9 Å². The van der Waals surface area contributed by atoms with Crippen molar-refractivity contribution >= 4 is 23.4 Å². The van der Waals surface area contributed by atoms with Gasteiger partial charge in [0.2, 0.25) is 5.91 Å². The first-order chi connectivity index (χ1) is 16.5. The van der Waals surface area contributed by atoms with E-state index in [1.54, 1.807) is 12.1 Å². The summed E-state index contributed by atoms with van der Waals surface area (Å²) in [5, 5.41) is 4.20. The highest BCUT2D eigenvalue weighted by Crippen LogP contribution is 2.34. The molecule has 1 N–H and O–H groups in total. The molecule has 2 heterocycles. The summed E-state index contributed by atoms with van der Waals surface area (Å²) in [6.07, 6.45) is 2.09. The van der Waals surface area contributed by atoms with Crippen molar-refractivity contribution in [2.24, 2.45) is 0 Å². The number of benzene rings is 2. The number of halogens is 1. The smallest absolute Gasteiger partial charge is 0.255 e. The van der Waals surface area contributed by atoms with Crippen molar-refractivity contribution in [1.82, 2.24) is 20.0 Å². The number of carbonyl (C=O) groups excluding carboxylic acids is 2. The second kappa shape index (κ2) is 10.9. The fraction of sp³-hybridized carbons (Fsp3) is 0.481. The molecule has 1 spiro atoms. The molecule has 0 aromatic heterocycles. The molecule has 2 amide bonds. The Balaban J connectivity index is 1.50. The zero-order chi connectivity index (χ0) is 24.1. The average Bonchev–Trinajstić information content (AvgIpc) is 3.10. The van der Waals surface area contributed by atoms with E-state index in [0.29, 0.717) is 49.5 Å². The summed E-state index contributed by atoms with van der Waals surface area (Å²) in [4.78, 5) is 33.0. The Morgan fingerprint density at radius 2 is 1.71 bits per heavy atom. The molecule has 182 valence electrons. The predicted octanol–water partition coefficient (Wildman–Crippen LogP) is 3.66. The minimum atomic E-state index is -0.416. The first-order valence-corrected chi connectivity index (χ1v) is 12.7. The maximum absolute atomic E-state index is 13.6. The average molecular weight is 483 g/mol. The summed E-state index contributed by atoms with van der Waals surface area (Å²) >= 11 is 6.28. The third kappa shape index (κ3) is 5.14. The van der Waals surface area contributed by atoms with E-state index in [1.807, 2.05) is 35.2 Å². The highest BCUT2D eigenvalue weighted by Gasteiger charge is 2.51. The van der Waals surface area contributed by atoms with E-state index in [2.05, 4.69) is 41.1 Å². The molecule has 2 saturated heterocycles. The second-order valence-electron chi connectivity index (χ2n) is 9.21. The third-order valence-electron chi connectivity index (χ3n) is 7.32. The normalized spacial score (nSPS) is 19.9. The molecule has 0 saturated carbocycles. The molecule has 4 rings (SSSR count). The van der Waals surface area contributed by atoms with E-state index >= 15 is 0 Å². The molecular formula is C27H35ClN4O2. The monoisotopic (exact) mass is 482 g/mol. The SMILES string of the molecule is CCN(CC)CCN1C(=O)C(Cc2ccccc2)NC12CCN(C(=O)c1ccccc1Cl)CC2. The van der Waals surface area contributed by atoms with Crippen molar-refractivity contribution in [1.29, 1.82) is 0 Å². The van der Waals surface area contributed by atoms with E-state index in [0.717, 1.165) is 25.2 Å². The Hall–Kier alpha value is -2.41. The second-order valence-corrected chi connectivity index (χ2v) is 9.61. The molecule has 0 radical (unpaired) electrons. The minimum Gasteiger partial charge on any atom is -0.338 e. The standard InChI is InChI=1S/C27H35ClN4O2/c1-3-30(4-2)18-19-32-26(34)24(20-21-10-6-5-7-11-21)29-27(32)14-16-31(17-15-27)25(33)22-12-8-9-13-23(22)28/h5-13,24,29H,3-4,14-20H2,1-2H3. The molecule has 1 unspecified atom stereocenters. The van der Waals surface area contributed by atoms with Crippen LogP contribution < -0.4 is 5.32 Å². The molecule has 2 aromatic carbocycles. The van der Waals surface area contributed by atoms with Crippen molar-refractivity contribution in [3.63, 3.8) is 0 Å². The van der Waals surface area contributed by atoms with Crippen LogP contribution in [0.3, 0.4) is 0 Å². The molecule has 2 aliphatic rings. The van der Waals surface area contributed by atoms with Gasteiger partial charge in [0, 0.05) is 39.0 Å². The van der Waals surface area contributed by atoms with Gasteiger partial charge < -0.3 is 14.7 Å². The van der Waals surface area contributed by atoms with Gasteiger partial charge in [0.15, 0.2) is 0 Å². The zero-order valence-corrected chi connectivity index (χ0v) is 20.9. The Morgan fingerprint density at radius 3 is 2.35 bits per heavy atom. The van der Waals surface area contributed by atoms with Crippen LogP contribution in [0, 0.1) is 0 Å². The number of likely N-dealkylation sites (N-methyl/N-ethyl adjacent to an activating group) is 1. The lowest BCUT2D eigenvalue weighted by Crippen LogP contribution is -2.60. The lowest BCUT2D eigenvalue weighted by Gasteiger charge is -2.45. The summed E-state index contributed by atoms with van der Waals surface area (Å²) in [7, 11) is 0. The number of amides is 2. The molecule has 2 aliphatic heterocycles. The van der Waals surface area contributed by atoms with E-state index in [4.69, 9.17) is 11.6 Å². The van der Waals surface area contributed by atoms with Crippen LogP contribution in [-0.4, -0.2) is 77.5 Å². The molecule has 2 aromatic rings. The Morgan fingerprint density at radius 1 is 1.06 bits per heavy atom. The van der Waals surface area contributed by atoms with Crippen LogP contribution in [0.5, 0.6) is 0 Å². The Labute approximate surface area is 207 Å². The molecule has 2 fully saturated rings. The highest BCUT2D eigenvalue weighted by atomic mass is 35.5. The first-order valence-electron chi connectivity index (χ1n) is 12.4. The summed E-state index contributed by atoms with van der Waals surface area (Å²) in [5.74, 6) is 0.127. The van der Waals surface area contributed by atoms with Crippen LogP contribution in [0.4, 0.5) is 0 Å². The number of carbonyl (C=O) groups is 2. The van der Waals surface area contributed by atoms with Crippen LogP contribution in [0.2, 0.25) is 5.02 Å². The molecule has 0 aliphatic carbocycles. The minimum absolute atomic E-state index is 0.0414. The van der Waals surface area contributed by atoms with E-state index in [-0.39, 0.29) is 17.9 Å². The van der Waals surface area contributed by atoms with Crippen LogP contribution in [0.1, 0.15) is 42.6 Å². The largest absolute Gasteiger partial charge is 0.338 e. The Bertz CT molecular complexity index is 987. The van der Waals surface area contributed by atoms with Crippen molar-refractivity contribution in [2.75, 3.05) is 39.3 Å². The fourth-order valence-corrected chi connectivity index (χ4v) is 5.47. The Kier molecular flexibility index (Phi) is 7.91. The lowest BCUT2D eigenvalue weighted by molar-refractivity contribution is -0.133. The maximum atomic E-state index is 13.6. The molecule has 0 bridgehead atoms. The summed E-state index contributed by atoms with van der Waals surface area (Å²) in [5.41, 5.74) is 1.28. The van der Waals surface area contributed by atoms with Crippen molar-refractivity contribution in [3.05, 3.63) is 70.7 Å². The van der Waals surface area contributed by atoms with Crippen LogP contribution in [0.15, 0.2) is 54.6 Å². The molecule has 7 heteroatoms. The van der Waals surface area contributed by atoms with Gasteiger partial charge in [-0.3, -0.25) is 14.9 Å². The number of hydrogen-bond donors (Lipinski definition) is 1. The van der Waals surface area contributed by atoms with Gasteiger partial charge >= 0.3 is 0 Å². The number of rotatable bonds is 8. The van der Waals surface area contributed by atoms with Crippen LogP contribution in [-0.2, 0) is 11.2 Å². The van der Waals surface area contributed by atoms with E-state index in [9.17, 15) is 9.59 Å². The number of nitrogens with one attached hydrogen (secondary N) is 1. The van der Waals surface area contributed by atoms with Crippen LogP contribution in [0.25, 0.3) is 0 Å². The van der Waals surface area contributed by atoms with Gasteiger partial charge in [-0.05, 0) is 37.2 Å². The van der Waals surface area contributed by atoms with Crippen LogP contribution >= 0.6 is 11.6 Å². The zero-order valence-electron chi connectivity index (χ0n) is 20.2. The van der Waals surface area contributed by atoms with Gasteiger partial charge in [-0.25, -0.2) is 0 Å². The van der Waals surface area contributed by atoms with E-state index < -0.39 is 5.66 Å². The number of likely N-dealkylation sites (tertiary alicyclic amines) is 1. The summed E-state index contributed by atoms with van der Waals surface area (Å²) in [6.45, 7) is 8.95. The quantitative estimate of drug-likeness (QED) is 0.624. The lowest BCUT2D eigenvalue weighted by atomic mass is 9.95. The van der Waals surface area contributed by atoms with Gasteiger partial charge in [-0.2, -0.15) is 0 Å². The first kappa shape index (κ1) is 24.7. The van der Waals surface area contributed by atoms with Crippen molar-refractivity contribution in [2.45, 2.75) is 44.8 Å². The molecule has 6 nitrogen and oxygen atoms in total. The summed E-state index contributed by atoms with van der Waals surface area (Å²) in [6, 6.07) is 17.1. The van der Waals surface area contributed by atoms with Crippen molar-refractivity contribution < 1.29 is 9.59 Å². The molecule has 34 heavy (non-hydrogen) atoms. The summed E-state index contributed by atoms with van der Waals surface area (Å²) < 4.78 is 0. The van der Waals surface area contributed by atoms with Gasteiger partial charge in [-0.15, -0.1) is 0 Å². The van der Waals surface area contributed by atoms with Gasteiger partial charge in [-0.1, -0.05) is 67.9 Å². The number of nitrogens with zero attached hydrogens (tertiary/aromatic N) is 3. The fourth-order valence-electron chi connectivity index (χ4n) is 5.26. The maximum Gasteiger partial charge on any atom is 0.255 e. The van der Waals surface area contributed by atoms with E-state index in [1.165, 1.54) is 0 Å². The number of piperidine rings is 1. The van der Waals surface area contributed by atoms with Gasteiger partial charge in [0.1, 0.15) is 0 Å². The van der Waals surface area contributed by atoms with Gasteiger partial charge in [0.05, 0.1) is 22.3 Å². The number of hydrogen-bond acceptors (Lipinski definition) is 4. The molecule has 1 atom stereocenters. The molecular weight excluding hydrogens is 448 g/mol. The predicted molar refractivity (Wildman–Crippen MR) is 136 cm³/mol.